The maximum atomic E-state index is 14.7. The summed E-state index contributed by atoms with van der Waals surface area (Å²) in [6, 6.07) is 6.76. The van der Waals surface area contributed by atoms with Gasteiger partial charge in [-0.25, -0.2) is 9.37 Å². The number of pyridine rings is 1. The predicted octanol–water partition coefficient (Wildman–Crippen LogP) is 4.67. The fourth-order valence-electron chi connectivity index (χ4n) is 3.89. The lowest BCUT2D eigenvalue weighted by atomic mass is 9.58. The normalized spacial score (nSPS) is 13.0. The first-order valence-corrected chi connectivity index (χ1v) is 9.03. The van der Waals surface area contributed by atoms with Crippen LogP contribution in [0.1, 0.15) is 52.7 Å². The van der Waals surface area contributed by atoms with Crippen LogP contribution in [-0.2, 0) is 12.2 Å². The number of hydrogen-bond donors (Lipinski definition) is 2. The van der Waals surface area contributed by atoms with Crippen LogP contribution in [0.5, 0.6) is 5.88 Å². The third-order valence-electron chi connectivity index (χ3n) is 5.16. The van der Waals surface area contributed by atoms with Crippen LogP contribution in [0.25, 0.3) is 11.1 Å². The van der Waals surface area contributed by atoms with Gasteiger partial charge in [0.25, 0.3) is 0 Å². The minimum atomic E-state index is -1.30. The molecular formula is C22H30FNO3. The Bertz CT molecular complexity index is 805. The Morgan fingerprint density at radius 3 is 2.07 bits per heavy atom. The summed E-state index contributed by atoms with van der Waals surface area (Å²) in [5.41, 5.74) is -0.332. The van der Waals surface area contributed by atoms with E-state index < -0.39 is 22.2 Å². The van der Waals surface area contributed by atoms with E-state index in [1.165, 1.54) is 13.2 Å². The molecule has 2 N–H and O–H groups in total. The molecular weight excluding hydrogens is 345 g/mol. The molecule has 0 aliphatic rings. The predicted molar refractivity (Wildman–Crippen MR) is 105 cm³/mol. The second-order valence-corrected chi connectivity index (χ2v) is 8.95. The molecule has 27 heavy (non-hydrogen) atoms. The molecule has 0 fully saturated rings. The molecule has 1 heterocycles. The molecule has 0 aliphatic carbocycles. The Kier molecular flexibility index (Phi) is 5.69. The summed E-state index contributed by atoms with van der Waals surface area (Å²) in [6.07, 6.45) is 1.12. The van der Waals surface area contributed by atoms with Crippen LogP contribution in [0.2, 0.25) is 0 Å². The van der Waals surface area contributed by atoms with Gasteiger partial charge in [-0.2, -0.15) is 0 Å². The van der Waals surface area contributed by atoms with Gasteiger partial charge in [0.2, 0.25) is 5.88 Å². The smallest absolute Gasteiger partial charge is 0.213 e. The minimum Gasteiger partial charge on any atom is -0.481 e. The maximum Gasteiger partial charge on any atom is 0.213 e. The zero-order valence-electron chi connectivity index (χ0n) is 17.2. The van der Waals surface area contributed by atoms with Crippen LogP contribution in [-0.4, -0.2) is 22.3 Å². The second-order valence-electron chi connectivity index (χ2n) is 8.95. The lowest BCUT2D eigenvalue weighted by Gasteiger charge is -2.51. The molecule has 0 amide bonds. The maximum absolute atomic E-state index is 14.7. The van der Waals surface area contributed by atoms with Gasteiger partial charge < -0.3 is 14.9 Å². The third-order valence-corrected chi connectivity index (χ3v) is 5.16. The molecule has 0 saturated heterocycles. The van der Waals surface area contributed by atoms with Crippen LogP contribution in [0.15, 0.2) is 30.5 Å². The molecule has 0 radical (unpaired) electrons. The summed E-state index contributed by atoms with van der Waals surface area (Å²) < 4.78 is 19.8. The van der Waals surface area contributed by atoms with Crippen molar-refractivity contribution < 1.29 is 19.3 Å². The van der Waals surface area contributed by atoms with Crippen LogP contribution < -0.4 is 4.74 Å². The summed E-state index contributed by atoms with van der Waals surface area (Å²) in [4.78, 5) is 3.91. The number of halogens is 1. The number of methoxy groups -OCH3 is 1. The van der Waals surface area contributed by atoms with Crippen molar-refractivity contribution in [2.45, 2.75) is 53.8 Å². The number of aromatic nitrogens is 1. The quantitative estimate of drug-likeness (QED) is 0.815. The summed E-state index contributed by atoms with van der Waals surface area (Å²) in [5, 5.41) is 21.6. The Hall–Kier alpha value is -1.98. The van der Waals surface area contributed by atoms with E-state index in [0.29, 0.717) is 28.1 Å². The van der Waals surface area contributed by atoms with Crippen molar-refractivity contribution in [2.75, 3.05) is 7.11 Å². The number of hydrogen-bond acceptors (Lipinski definition) is 4. The van der Waals surface area contributed by atoms with E-state index in [0.717, 1.165) is 6.20 Å². The van der Waals surface area contributed by atoms with Crippen LogP contribution in [0, 0.1) is 16.6 Å². The largest absolute Gasteiger partial charge is 0.481 e. The molecule has 0 aliphatic heterocycles. The van der Waals surface area contributed by atoms with E-state index in [1.54, 1.807) is 18.2 Å². The lowest BCUT2D eigenvalue weighted by Crippen LogP contribution is -2.50. The Morgan fingerprint density at radius 2 is 1.59 bits per heavy atom. The average molecular weight is 375 g/mol. The monoisotopic (exact) mass is 375 g/mol. The highest BCUT2D eigenvalue weighted by atomic mass is 19.1. The van der Waals surface area contributed by atoms with Gasteiger partial charge in [-0.3, -0.25) is 0 Å². The molecule has 4 nitrogen and oxygen atoms in total. The van der Waals surface area contributed by atoms with Gasteiger partial charge in [-0.1, -0.05) is 53.7 Å². The number of aliphatic hydroxyl groups excluding tert-OH is 1. The molecule has 1 aromatic carbocycles. The fourth-order valence-corrected chi connectivity index (χ4v) is 3.89. The van der Waals surface area contributed by atoms with Crippen molar-refractivity contribution >= 4 is 0 Å². The van der Waals surface area contributed by atoms with Crippen LogP contribution in [0.4, 0.5) is 4.39 Å². The zero-order valence-corrected chi connectivity index (χ0v) is 17.2. The Balaban J connectivity index is 2.91. The van der Waals surface area contributed by atoms with Crippen LogP contribution >= 0.6 is 0 Å². The summed E-state index contributed by atoms with van der Waals surface area (Å²) in [7, 11) is 1.47. The zero-order chi connectivity index (χ0) is 20.6. The molecule has 2 rings (SSSR count). The number of ether oxygens (including phenoxy) is 1. The number of rotatable bonds is 4. The van der Waals surface area contributed by atoms with Crippen molar-refractivity contribution in [3.63, 3.8) is 0 Å². The lowest BCUT2D eigenvalue weighted by molar-refractivity contribution is -0.144. The van der Waals surface area contributed by atoms with Gasteiger partial charge in [-0.15, -0.1) is 0 Å². The second kappa shape index (κ2) is 7.21. The topological polar surface area (TPSA) is 62.6 Å². The molecule has 2 aromatic rings. The highest BCUT2D eigenvalue weighted by molar-refractivity contribution is 5.71. The van der Waals surface area contributed by atoms with Gasteiger partial charge in [0.1, 0.15) is 5.82 Å². The molecule has 5 heteroatoms. The average Bonchev–Trinajstić information content (AvgIpc) is 2.59. The van der Waals surface area contributed by atoms with Gasteiger partial charge in [-0.05, 0) is 33.6 Å². The molecule has 0 unspecified atom stereocenters. The van der Waals surface area contributed by atoms with E-state index in [-0.39, 0.29) is 6.61 Å². The van der Waals surface area contributed by atoms with Crippen molar-refractivity contribution in [3.8, 4) is 17.0 Å². The fraction of sp³-hybridized carbons (Fsp3) is 0.500. The SMILES string of the molecule is COc1cc(-c2ccc(CO)cc2C(O)(C(C)(C)C)C(C)(C)C)c(F)cn1. The molecule has 1 aromatic heterocycles. The standard InChI is InChI=1S/C22H30FNO3/c1-20(2,3)22(26,21(4,5)6)17-10-14(13-25)8-9-15(17)16-11-19(27-7)24-12-18(16)23/h8-12,25-26H,13H2,1-7H3. The molecule has 0 spiro atoms. The van der Waals surface area contributed by atoms with Gasteiger partial charge in [0.05, 0.1) is 25.5 Å². The van der Waals surface area contributed by atoms with E-state index >= 15 is 0 Å². The third kappa shape index (κ3) is 3.71. The Morgan fingerprint density at radius 1 is 1.00 bits per heavy atom. The first-order chi connectivity index (χ1) is 12.4. The number of benzene rings is 1. The van der Waals surface area contributed by atoms with E-state index in [2.05, 4.69) is 4.98 Å². The van der Waals surface area contributed by atoms with Crippen molar-refractivity contribution in [2.24, 2.45) is 10.8 Å². The highest BCUT2D eigenvalue weighted by Gasteiger charge is 2.51. The minimum absolute atomic E-state index is 0.167. The van der Waals surface area contributed by atoms with Crippen molar-refractivity contribution in [3.05, 3.63) is 47.4 Å². The number of aliphatic hydroxyl groups is 2. The summed E-state index contributed by atoms with van der Waals surface area (Å²) in [6.45, 7) is 11.6. The van der Waals surface area contributed by atoms with Gasteiger partial charge in [0, 0.05) is 11.6 Å². The first-order valence-electron chi connectivity index (χ1n) is 9.03. The van der Waals surface area contributed by atoms with Crippen molar-refractivity contribution in [1.29, 1.82) is 0 Å². The van der Waals surface area contributed by atoms with Gasteiger partial charge >= 0.3 is 0 Å². The molecule has 0 bridgehead atoms. The van der Waals surface area contributed by atoms with Crippen molar-refractivity contribution in [1.82, 2.24) is 4.98 Å². The Labute approximate surface area is 161 Å². The summed E-state index contributed by atoms with van der Waals surface area (Å²) in [5.74, 6) is -0.211. The highest BCUT2D eigenvalue weighted by Crippen LogP contribution is 2.53. The molecule has 0 saturated carbocycles. The van der Waals surface area contributed by atoms with Gasteiger partial charge in [0.15, 0.2) is 0 Å². The number of nitrogens with zero attached hydrogens (tertiary/aromatic N) is 1. The van der Waals surface area contributed by atoms with E-state index in [1.807, 2.05) is 41.5 Å². The first kappa shape index (κ1) is 21.3. The molecule has 0 atom stereocenters. The van der Waals surface area contributed by atoms with Crippen LogP contribution in [0.3, 0.4) is 0 Å². The van der Waals surface area contributed by atoms with E-state index in [9.17, 15) is 14.6 Å². The summed E-state index contributed by atoms with van der Waals surface area (Å²) >= 11 is 0. The van der Waals surface area contributed by atoms with E-state index in [4.69, 9.17) is 4.74 Å². The molecule has 148 valence electrons.